The first-order valence-electron chi connectivity index (χ1n) is 8.47. The molecule has 1 N–H and O–H groups in total. The molecular weight excluding hydrogens is 292 g/mol. The van der Waals surface area contributed by atoms with Crippen LogP contribution in [0.15, 0.2) is 24.3 Å². The number of benzene rings is 1. The monoisotopic (exact) mass is 320 g/mol. The normalized spacial score (nSPS) is 15.3. The first kappa shape index (κ1) is 17.8. The molecule has 128 valence electrons. The fourth-order valence-electron chi connectivity index (χ4n) is 2.65. The molecule has 1 amide bonds. The van der Waals surface area contributed by atoms with Gasteiger partial charge in [-0.3, -0.25) is 9.69 Å². The van der Waals surface area contributed by atoms with Crippen LogP contribution in [0.3, 0.4) is 0 Å². The second-order valence-electron chi connectivity index (χ2n) is 5.86. The van der Waals surface area contributed by atoms with Crippen molar-refractivity contribution in [2.24, 2.45) is 0 Å². The smallest absolute Gasteiger partial charge is 0.220 e. The topological polar surface area (TPSA) is 50.8 Å². The summed E-state index contributed by atoms with van der Waals surface area (Å²) in [5.74, 6) is 0.977. The molecule has 5 nitrogen and oxygen atoms in total. The van der Waals surface area contributed by atoms with Crippen LogP contribution in [0.1, 0.15) is 24.8 Å². The Bertz CT molecular complexity index is 456. The Balaban J connectivity index is 1.50. The third-order valence-corrected chi connectivity index (χ3v) is 4.13. The van der Waals surface area contributed by atoms with Crippen LogP contribution in [0.4, 0.5) is 0 Å². The first-order chi connectivity index (χ1) is 11.3. The molecule has 0 unspecified atom stereocenters. The van der Waals surface area contributed by atoms with Crippen LogP contribution in [-0.4, -0.2) is 57.3 Å². The summed E-state index contributed by atoms with van der Waals surface area (Å²) in [7, 11) is 1.65. The zero-order valence-corrected chi connectivity index (χ0v) is 14.1. The summed E-state index contributed by atoms with van der Waals surface area (Å²) in [5, 5.41) is 3.01. The quantitative estimate of drug-likeness (QED) is 0.706. The molecule has 1 aliphatic rings. The highest BCUT2D eigenvalue weighted by atomic mass is 16.5. The van der Waals surface area contributed by atoms with E-state index >= 15 is 0 Å². The third kappa shape index (κ3) is 7.01. The zero-order valence-electron chi connectivity index (χ0n) is 14.1. The average Bonchev–Trinajstić information content (AvgIpc) is 2.61. The van der Waals surface area contributed by atoms with Gasteiger partial charge < -0.3 is 14.8 Å². The lowest BCUT2D eigenvalue weighted by Crippen LogP contribution is -2.37. The fraction of sp³-hybridized carbons (Fsp3) is 0.611. The highest BCUT2D eigenvalue weighted by Crippen LogP contribution is 2.12. The second-order valence-corrected chi connectivity index (χ2v) is 5.86. The molecule has 0 aromatic heterocycles. The lowest BCUT2D eigenvalue weighted by molar-refractivity contribution is -0.121. The second kappa shape index (κ2) is 10.2. The van der Waals surface area contributed by atoms with Crippen LogP contribution in [0.25, 0.3) is 0 Å². The largest absolute Gasteiger partial charge is 0.497 e. The SMILES string of the molecule is COc1ccc(CCC(=O)NCCCCN2CCOCC2)cc1. The number of hydrogen-bond acceptors (Lipinski definition) is 4. The Morgan fingerprint density at radius 2 is 1.96 bits per heavy atom. The van der Waals surface area contributed by atoms with Gasteiger partial charge in [0.05, 0.1) is 20.3 Å². The summed E-state index contributed by atoms with van der Waals surface area (Å²) in [6.07, 6.45) is 3.46. The summed E-state index contributed by atoms with van der Waals surface area (Å²) in [5.41, 5.74) is 1.16. The van der Waals surface area contributed by atoms with Crippen molar-refractivity contribution in [1.29, 1.82) is 0 Å². The number of aryl methyl sites for hydroxylation is 1. The molecule has 1 heterocycles. The lowest BCUT2D eigenvalue weighted by atomic mass is 10.1. The van der Waals surface area contributed by atoms with Gasteiger partial charge in [-0.2, -0.15) is 0 Å². The van der Waals surface area contributed by atoms with Gasteiger partial charge in [0.1, 0.15) is 5.75 Å². The molecule has 1 aromatic carbocycles. The Hall–Kier alpha value is -1.59. The molecule has 2 rings (SSSR count). The Morgan fingerprint density at radius 1 is 1.22 bits per heavy atom. The Kier molecular flexibility index (Phi) is 7.90. The van der Waals surface area contributed by atoms with Crippen molar-refractivity contribution in [3.63, 3.8) is 0 Å². The number of morpholine rings is 1. The molecule has 1 aliphatic heterocycles. The van der Waals surface area contributed by atoms with Crippen molar-refractivity contribution >= 4 is 5.91 Å². The molecule has 0 atom stereocenters. The van der Waals surface area contributed by atoms with Crippen molar-refractivity contribution in [3.05, 3.63) is 29.8 Å². The number of nitrogens with zero attached hydrogens (tertiary/aromatic N) is 1. The van der Waals surface area contributed by atoms with Crippen LogP contribution in [0, 0.1) is 0 Å². The van der Waals surface area contributed by atoms with E-state index in [9.17, 15) is 4.79 Å². The van der Waals surface area contributed by atoms with Crippen LogP contribution < -0.4 is 10.1 Å². The molecule has 0 saturated carbocycles. The average molecular weight is 320 g/mol. The number of carbonyl (C=O) groups is 1. The number of rotatable bonds is 9. The molecule has 5 heteroatoms. The summed E-state index contributed by atoms with van der Waals surface area (Å²) in [6.45, 7) is 5.64. The maximum atomic E-state index is 11.8. The maximum Gasteiger partial charge on any atom is 0.220 e. The molecule has 1 aromatic rings. The van der Waals surface area contributed by atoms with Crippen molar-refractivity contribution in [3.8, 4) is 5.75 Å². The number of hydrogen-bond donors (Lipinski definition) is 1. The standard InChI is InChI=1S/C18H28N2O3/c1-22-17-7-4-16(5-8-17)6-9-18(21)19-10-2-3-11-20-12-14-23-15-13-20/h4-5,7-8H,2-3,6,9-15H2,1H3,(H,19,21). The molecule has 0 aliphatic carbocycles. The van der Waals surface area contributed by atoms with Gasteiger partial charge in [-0.1, -0.05) is 12.1 Å². The van der Waals surface area contributed by atoms with Crippen molar-refractivity contribution < 1.29 is 14.3 Å². The Labute approximate surface area is 139 Å². The van der Waals surface area contributed by atoms with Gasteiger partial charge in [-0.05, 0) is 43.5 Å². The summed E-state index contributed by atoms with van der Waals surface area (Å²) in [4.78, 5) is 14.3. The molecular formula is C18H28N2O3. The van der Waals surface area contributed by atoms with Gasteiger partial charge in [0, 0.05) is 26.1 Å². The molecule has 0 spiro atoms. The van der Waals surface area contributed by atoms with Crippen molar-refractivity contribution in [2.45, 2.75) is 25.7 Å². The van der Waals surface area contributed by atoms with E-state index in [0.717, 1.165) is 70.0 Å². The van der Waals surface area contributed by atoms with Gasteiger partial charge in [-0.25, -0.2) is 0 Å². The van der Waals surface area contributed by atoms with E-state index in [-0.39, 0.29) is 5.91 Å². The first-order valence-corrected chi connectivity index (χ1v) is 8.47. The van der Waals surface area contributed by atoms with Gasteiger partial charge in [0.25, 0.3) is 0 Å². The molecule has 0 radical (unpaired) electrons. The summed E-state index contributed by atoms with van der Waals surface area (Å²) in [6, 6.07) is 7.88. The van der Waals surface area contributed by atoms with Crippen LogP contribution in [0.5, 0.6) is 5.75 Å². The molecule has 0 bridgehead atoms. The van der Waals surface area contributed by atoms with Gasteiger partial charge in [-0.15, -0.1) is 0 Å². The molecule has 1 fully saturated rings. The minimum atomic E-state index is 0.132. The van der Waals surface area contributed by atoms with Gasteiger partial charge in [0.2, 0.25) is 5.91 Å². The van der Waals surface area contributed by atoms with Gasteiger partial charge in [0.15, 0.2) is 0 Å². The minimum Gasteiger partial charge on any atom is -0.497 e. The van der Waals surface area contributed by atoms with E-state index < -0.39 is 0 Å². The van der Waals surface area contributed by atoms with Crippen LogP contribution in [-0.2, 0) is 16.0 Å². The number of ether oxygens (including phenoxy) is 2. The van der Waals surface area contributed by atoms with E-state index in [4.69, 9.17) is 9.47 Å². The van der Waals surface area contributed by atoms with E-state index in [1.165, 1.54) is 0 Å². The van der Waals surface area contributed by atoms with E-state index in [0.29, 0.717) is 6.42 Å². The number of amides is 1. The molecule has 1 saturated heterocycles. The number of carbonyl (C=O) groups excluding carboxylic acids is 1. The summed E-state index contributed by atoms with van der Waals surface area (Å²) < 4.78 is 10.5. The fourth-order valence-corrected chi connectivity index (χ4v) is 2.65. The predicted molar refractivity (Wildman–Crippen MR) is 90.8 cm³/mol. The number of nitrogens with one attached hydrogen (secondary N) is 1. The van der Waals surface area contributed by atoms with Gasteiger partial charge >= 0.3 is 0 Å². The van der Waals surface area contributed by atoms with Crippen LogP contribution >= 0.6 is 0 Å². The lowest BCUT2D eigenvalue weighted by Gasteiger charge is -2.26. The highest BCUT2D eigenvalue weighted by Gasteiger charge is 2.09. The third-order valence-electron chi connectivity index (χ3n) is 4.13. The Morgan fingerprint density at radius 3 is 2.65 bits per heavy atom. The van der Waals surface area contributed by atoms with E-state index in [1.807, 2.05) is 24.3 Å². The number of methoxy groups -OCH3 is 1. The van der Waals surface area contributed by atoms with Crippen molar-refractivity contribution in [1.82, 2.24) is 10.2 Å². The maximum absolute atomic E-state index is 11.8. The number of unbranched alkanes of at least 4 members (excludes halogenated alkanes) is 1. The van der Waals surface area contributed by atoms with Crippen molar-refractivity contribution in [2.75, 3.05) is 46.5 Å². The molecule has 23 heavy (non-hydrogen) atoms. The van der Waals surface area contributed by atoms with E-state index in [2.05, 4.69) is 10.2 Å². The highest BCUT2D eigenvalue weighted by molar-refractivity contribution is 5.76. The predicted octanol–water partition coefficient (Wildman–Crippen LogP) is 1.86. The van der Waals surface area contributed by atoms with Crippen LogP contribution in [0.2, 0.25) is 0 Å². The summed E-state index contributed by atoms with van der Waals surface area (Å²) >= 11 is 0. The minimum absolute atomic E-state index is 0.132. The zero-order chi connectivity index (χ0) is 16.3. The van der Waals surface area contributed by atoms with E-state index in [1.54, 1.807) is 7.11 Å².